The van der Waals surface area contributed by atoms with Crippen molar-refractivity contribution in [1.82, 2.24) is 0 Å². The van der Waals surface area contributed by atoms with E-state index in [0.717, 1.165) is 0 Å². The van der Waals surface area contributed by atoms with Gasteiger partial charge in [-0.15, -0.1) is 0 Å². The van der Waals surface area contributed by atoms with Crippen LogP contribution in [0.4, 0.5) is 14.9 Å². The third-order valence-corrected chi connectivity index (χ3v) is 2.91. The van der Waals surface area contributed by atoms with Gasteiger partial charge < -0.3 is 4.74 Å². The van der Waals surface area contributed by atoms with Crippen molar-refractivity contribution in [3.8, 4) is 0 Å². The smallest absolute Gasteiger partial charge is 0.414 e. The van der Waals surface area contributed by atoms with Gasteiger partial charge >= 0.3 is 6.09 Å². The van der Waals surface area contributed by atoms with E-state index in [4.69, 9.17) is 4.74 Å². The first-order valence-electron chi connectivity index (χ1n) is 5.65. The molecule has 0 N–H and O–H groups in total. The van der Waals surface area contributed by atoms with E-state index in [9.17, 15) is 14.1 Å². The van der Waals surface area contributed by atoms with Crippen LogP contribution in [-0.2, 0) is 4.74 Å². The first kappa shape index (κ1) is 12.5. The topological polar surface area (TPSA) is 59.0 Å². The summed E-state index contributed by atoms with van der Waals surface area (Å²) in [6, 6.07) is 4.57. The van der Waals surface area contributed by atoms with Gasteiger partial charge in [-0.25, -0.2) is 9.18 Å². The fourth-order valence-electron chi connectivity index (χ4n) is 1.83. The largest absolute Gasteiger partial charge is 0.444 e. The van der Waals surface area contributed by atoms with Crippen molar-refractivity contribution in [3.05, 3.63) is 34.5 Å². The lowest BCUT2D eigenvalue weighted by molar-refractivity contribution is 0.0889. The van der Waals surface area contributed by atoms with E-state index in [1.165, 1.54) is 11.0 Å². The molecule has 0 spiro atoms. The molecule has 1 fully saturated rings. The van der Waals surface area contributed by atoms with Crippen LogP contribution in [0.15, 0.2) is 23.4 Å². The van der Waals surface area contributed by atoms with E-state index in [1.807, 2.05) is 0 Å². The zero-order valence-electron chi connectivity index (χ0n) is 9.93. The first-order chi connectivity index (χ1) is 8.61. The Morgan fingerprint density at radius 1 is 1.56 bits per heavy atom. The number of amides is 1. The number of halogens is 1. The number of hydrogen-bond donors (Lipinski definition) is 0. The number of aryl methyl sites for hydroxylation is 1. The van der Waals surface area contributed by atoms with Crippen LogP contribution in [0.25, 0.3) is 0 Å². The van der Waals surface area contributed by atoms with Gasteiger partial charge in [-0.2, -0.15) is 4.91 Å². The minimum absolute atomic E-state index is 0.0398. The van der Waals surface area contributed by atoms with Crippen molar-refractivity contribution in [1.29, 1.82) is 0 Å². The molecule has 0 bridgehead atoms. The minimum Gasteiger partial charge on any atom is -0.444 e. The van der Waals surface area contributed by atoms with Gasteiger partial charge in [-0.3, -0.25) is 4.90 Å². The summed E-state index contributed by atoms with van der Waals surface area (Å²) >= 11 is 0. The summed E-state index contributed by atoms with van der Waals surface area (Å²) in [6.45, 7) is 2.00. The summed E-state index contributed by atoms with van der Waals surface area (Å²) in [5.41, 5.74) is 0.979. The van der Waals surface area contributed by atoms with Crippen molar-refractivity contribution in [2.24, 2.45) is 5.18 Å². The van der Waals surface area contributed by atoms with E-state index in [1.54, 1.807) is 19.1 Å². The maximum absolute atomic E-state index is 13.4. The maximum atomic E-state index is 13.4. The molecular weight excluding hydrogens is 239 g/mol. The standard InChI is InChI=1S/C12H13FN2O3/c1-8-2-3-9(6-11(8)13)15-5-4-10(7-14-17)18-12(15)16/h2-3,6,10H,4-5,7H2,1H3. The molecule has 0 aliphatic carbocycles. The molecule has 1 aliphatic rings. The van der Waals surface area contributed by atoms with Crippen molar-refractivity contribution >= 4 is 11.8 Å². The Bertz CT molecular complexity index is 478. The fourth-order valence-corrected chi connectivity index (χ4v) is 1.83. The van der Waals surface area contributed by atoms with Gasteiger partial charge in [0.05, 0.1) is 0 Å². The van der Waals surface area contributed by atoms with Crippen LogP contribution in [0, 0.1) is 17.6 Å². The predicted molar refractivity (Wildman–Crippen MR) is 64.0 cm³/mol. The molecule has 0 aromatic heterocycles. The molecule has 96 valence electrons. The van der Waals surface area contributed by atoms with Crippen LogP contribution < -0.4 is 4.90 Å². The lowest BCUT2D eigenvalue weighted by Gasteiger charge is -2.30. The van der Waals surface area contributed by atoms with Crippen LogP contribution in [-0.4, -0.2) is 25.3 Å². The summed E-state index contributed by atoms with van der Waals surface area (Å²) < 4.78 is 18.5. The fraction of sp³-hybridized carbons (Fsp3) is 0.417. The molecule has 0 saturated carbocycles. The second-order valence-electron chi connectivity index (χ2n) is 4.19. The lowest BCUT2D eigenvalue weighted by atomic mass is 10.1. The quantitative estimate of drug-likeness (QED) is 0.777. The maximum Gasteiger partial charge on any atom is 0.414 e. The van der Waals surface area contributed by atoms with E-state index in [0.29, 0.717) is 24.2 Å². The third-order valence-electron chi connectivity index (χ3n) is 2.91. The highest BCUT2D eigenvalue weighted by atomic mass is 19.1. The number of cyclic esters (lactones) is 1. The number of hydrogen-bond acceptors (Lipinski definition) is 4. The molecule has 1 atom stereocenters. The van der Waals surface area contributed by atoms with Gasteiger partial charge in [0.1, 0.15) is 18.5 Å². The molecular formula is C12H13FN2O3. The Hall–Kier alpha value is -1.98. The van der Waals surface area contributed by atoms with Crippen molar-refractivity contribution in [2.45, 2.75) is 19.4 Å². The minimum atomic E-state index is -0.571. The summed E-state index contributed by atoms with van der Waals surface area (Å²) in [7, 11) is 0. The van der Waals surface area contributed by atoms with Crippen LogP contribution in [0.3, 0.4) is 0 Å². The summed E-state index contributed by atoms with van der Waals surface area (Å²) in [5.74, 6) is -0.364. The van der Waals surface area contributed by atoms with Crippen LogP contribution in [0.1, 0.15) is 12.0 Å². The number of benzene rings is 1. The van der Waals surface area contributed by atoms with Gasteiger partial charge in [-0.1, -0.05) is 11.2 Å². The van der Waals surface area contributed by atoms with Gasteiger partial charge in [-0.05, 0) is 24.6 Å². The van der Waals surface area contributed by atoms with Gasteiger partial charge in [0.2, 0.25) is 0 Å². The zero-order chi connectivity index (χ0) is 13.1. The Labute approximate surface area is 104 Å². The molecule has 5 nitrogen and oxygen atoms in total. The number of nitrogens with zero attached hydrogens (tertiary/aromatic N) is 2. The number of ether oxygens (including phenoxy) is 1. The van der Waals surface area contributed by atoms with Crippen LogP contribution in [0.5, 0.6) is 0 Å². The predicted octanol–water partition coefficient (Wildman–Crippen LogP) is 2.62. The molecule has 1 aromatic carbocycles. The summed E-state index contributed by atoms with van der Waals surface area (Å²) in [6.07, 6.45) is -0.535. The summed E-state index contributed by atoms with van der Waals surface area (Å²) in [5, 5.41) is 2.71. The number of anilines is 1. The highest BCUT2D eigenvalue weighted by Gasteiger charge is 2.28. The second-order valence-corrected chi connectivity index (χ2v) is 4.19. The molecule has 18 heavy (non-hydrogen) atoms. The molecule has 2 rings (SSSR count). The Balaban J connectivity index is 2.12. The van der Waals surface area contributed by atoms with E-state index in [2.05, 4.69) is 5.18 Å². The molecule has 1 aliphatic heterocycles. The molecule has 0 radical (unpaired) electrons. The average molecular weight is 252 g/mol. The first-order valence-corrected chi connectivity index (χ1v) is 5.65. The van der Waals surface area contributed by atoms with Gasteiger partial charge in [0.25, 0.3) is 0 Å². The lowest BCUT2D eigenvalue weighted by Crippen LogP contribution is -2.43. The molecule has 1 heterocycles. The third kappa shape index (κ3) is 2.47. The molecule has 6 heteroatoms. The number of carbonyl (C=O) groups is 1. The Kier molecular flexibility index (Phi) is 3.55. The number of nitroso groups, excluding NO2 is 1. The van der Waals surface area contributed by atoms with Crippen molar-refractivity contribution in [3.63, 3.8) is 0 Å². The zero-order valence-corrected chi connectivity index (χ0v) is 9.93. The number of rotatable bonds is 3. The molecule has 1 aromatic rings. The second kappa shape index (κ2) is 5.12. The highest BCUT2D eigenvalue weighted by Crippen LogP contribution is 2.23. The van der Waals surface area contributed by atoms with Crippen LogP contribution in [0.2, 0.25) is 0 Å². The van der Waals surface area contributed by atoms with Crippen LogP contribution >= 0.6 is 0 Å². The SMILES string of the molecule is Cc1ccc(N2CCC(CN=O)OC2=O)cc1F. The average Bonchev–Trinajstić information content (AvgIpc) is 2.34. The van der Waals surface area contributed by atoms with Crippen molar-refractivity contribution in [2.75, 3.05) is 18.0 Å². The van der Waals surface area contributed by atoms with Gasteiger partial charge in [0.15, 0.2) is 0 Å². The van der Waals surface area contributed by atoms with E-state index < -0.39 is 12.2 Å². The monoisotopic (exact) mass is 252 g/mol. The molecule has 1 unspecified atom stereocenters. The Morgan fingerprint density at radius 2 is 2.33 bits per heavy atom. The number of carbonyl (C=O) groups excluding carboxylic acids is 1. The van der Waals surface area contributed by atoms with Gasteiger partial charge in [0, 0.05) is 18.7 Å². The van der Waals surface area contributed by atoms with Crippen molar-refractivity contribution < 1.29 is 13.9 Å². The normalized spacial score (nSPS) is 19.6. The van der Waals surface area contributed by atoms with E-state index >= 15 is 0 Å². The Morgan fingerprint density at radius 3 is 2.94 bits per heavy atom. The molecule has 1 saturated heterocycles. The summed E-state index contributed by atoms with van der Waals surface area (Å²) in [4.78, 5) is 23.2. The highest BCUT2D eigenvalue weighted by molar-refractivity contribution is 5.88. The van der Waals surface area contributed by atoms with E-state index in [-0.39, 0.29) is 12.4 Å². The molecule has 1 amide bonds.